The molecule has 1 spiro atoms. The van der Waals surface area contributed by atoms with E-state index in [1.54, 1.807) is 29.0 Å². The maximum atomic E-state index is 13.4. The van der Waals surface area contributed by atoms with Crippen molar-refractivity contribution >= 4 is 37.5 Å². The van der Waals surface area contributed by atoms with E-state index in [0.717, 1.165) is 30.2 Å². The molecule has 4 unspecified atom stereocenters. The standard InChI is InChI=1S/C18H22AsNO3S/c19-15-10-18(23-12-15)7-8-20-11-17(18)24(21,22)16-6-5-13-3-1-2-4-14(13)9-16/h1-6,9,15,17,20H,7-8,10-12,19H2. The molecule has 2 aliphatic heterocycles. The summed E-state index contributed by atoms with van der Waals surface area (Å²) < 4.78 is 33.3. The number of rotatable bonds is 2. The van der Waals surface area contributed by atoms with Crippen LogP contribution in [0.2, 0.25) is 4.71 Å². The number of piperidine rings is 1. The minimum absolute atomic E-state index is 0.405. The van der Waals surface area contributed by atoms with Crippen molar-refractivity contribution in [3.63, 3.8) is 0 Å². The van der Waals surface area contributed by atoms with Gasteiger partial charge in [-0.1, -0.05) is 0 Å². The molecule has 4 atom stereocenters. The Morgan fingerprint density at radius 3 is 2.71 bits per heavy atom. The Labute approximate surface area is 151 Å². The third kappa shape index (κ3) is 2.72. The van der Waals surface area contributed by atoms with E-state index in [2.05, 4.69) is 5.32 Å². The Bertz CT molecular complexity index is 865. The summed E-state index contributed by atoms with van der Waals surface area (Å²) in [6, 6.07) is 13.3. The van der Waals surface area contributed by atoms with Crippen LogP contribution < -0.4 is 5.32 Å². The van der Waals surface area contributed by atoms with E-state index in [4.69, 9.17) is 4.74 Å². The first-order valence-electron chi connectivity index (χ1n) is 8.34. The van der Waals surface area contributed by atoms with Crippen molar-refractivity contribution in [2.24, 2.45) is 0 Å². The normalized spacial score (nSPS) is 30.9. The van der Waals surface area contributed by atoms with Crippen LogP contribution in [0.4, 0.5) is 0 Å². The van der Waals surface area contributed by atoms with Gasteiger partial charge in [-0.15, -0.1) is 0 Å². The number of benzene rings is 2. The first-order valence-corrected chi connectivity index (χ1v) is 11.3. The summed E-state index contributed by atoms with van der Waals surface area (Å²) in [5.41, 5.74) is -0.517. The number of ether oxygens (including phenoxy) is 1. The Morgan fingerprint density at radius 2 is 1.96 bits per heavy atom. The van der Waals surface area contributed by atoms with Crippen LogP contribution in [-0.2, 0) is 14.6 Å². The molecule has 2 fully saturated rings. The molecule has 0 aromatic heterocycles. The van der Waals surface area contributed by atoms with Crippen LogP contribution in [0.1, 0.15) is 12.8 Å². The summed E-state index contributed by atoms with van der Waals surface area (Å²) in [5, 5.41) is 4.76. The van der Waals surface area contributed by atoms with E-state index in [1.165, 1.54) is 0 Å². The van der Waals surface area contributed by atoms with Crippen molar-refractivity contribution in [2.45, 2.75) is 33.3 Å². The molecule has 1 N–H and O–H groups in total. The molecule has 2 saturated heterocycles. The first kappa shape index (κ1) is 16.6. The summed E-state index contributed by atoms with van der Waals surface area (Å²) in [4.78, 5) is 0.405. The van der Waals surface area contributed by atoms with Crippen LogP contribution in [-0.4, -0.2) is 55.8 Å². The first-order chi connectivity index (χ1) is 11.5. The van der Waals surface area contributed by atoms with Gasteiger partial charge in [0.1, 0.15) is 0 Å². The molecule has 2 aromatic carbocycles. The molecular formula is C18H22AsNO3S. The molecule has 0 bridgehead atoms. The molecule has 2 aromatic rings. The molecule has 128 valence electrons. The molecule has 2 aliphatic rings. The molecule has 6 heteroatoms. The predicted molar refractivity (Wildman–Crippen MR) is 98.0 cm³/mol. The molecule has 24 heavy (non-hydrogen) atoms. The van der Waals surface area contributed by atoms with Crippen LogP contribution in [0, 0.1) is 0 Å². The van der Waals surface area contributed by atoms with Gasteiger partial charge in [0.05, 0.1) is 0 Å². The average Bonchev–Trinajstić information content (AvgIpc) is 2.95. The van der Waals surface area contributed by atoms with E-state index in [9.17, 15) is 8.42 Å². The van der Waals surface area contributed by atoms with Gasteiger partial charge in [0.2, 0.25) is 0 Å². The van der Waals surface area contributed by atoms with Crippen LogP contribution in [0.5, 0.6) is 0 Å². The summed E-state index contributed by atoms with van der Waals surface area (Å²) in [6.45, 7) is 1.97. The van der Waals surface area contributed by atoms with Gasteiger partial charge in [-0.25, -0.2) is 0 Å². The third-order valence-electron chi connectivity index (χ3n) is 5.26. The fourth-order valence-electron chi connectivity index (χ4n) is 4.01. The molecular weight excluding hydrogens is 385 g/mol. The van der Waals surface area contributed by atoms with Crippen LogP contribution >= 0.6 is 0 Å². The summed E-state index contributed by atoms with van der Waals surface area (Å²) in [6.07, 6.45) is 1.62. The summed E-state index contributed by atoms with van der Waals surface area (Å²) in [5.74, 6) is 0. The molecule has 2 heterocycles. The van der Waals surface area contributed by atoms with Crippen molar-refractivity contribution in [1.29, 1.82) is 0 Å². The van der Waals surface area contributed by atoms with Crippen molar-refractivity contribution in [1.82, 2.24) is 5.32 Å². The fourth-order valence-corrected chi connectivity index (χ4v) is 7.12. The predicted octanol–water partition coefficient (Wildman–Crippen LogP) is 1.56. The van der Waals surface area contributed by atoms with Crippen molar-refractivity contribution in [2.75, 3.05) is 19.7 Å². The van der Waals surface area contributed by atoms with Crippen molar-refractivity contribution in [3.05, 3.63) is 42.5 Å². The van der Waals surface area contributed by atoms with Gasteiger partial charge in [0.25, 0.3) is 0 Å². The number of nitrogens with one attached hydrogen (secondary N) is 1. The summed E-state index contributed by atoms with van der Waals surface area (Å²) in [7, 11) is -3.45. The Hall–Kier alpha value is -0.872. The summed E-state index contributed by atoms with van der Waals surface area (Å²) >= 11 is 1.65. The number of fused-ring (bicyclic) bond motifs is 1. The zero-order valence-corrected chi connectivity index (χ0v) is 16.7. The van der Waals surface area contributed by atoms with Crippen LogP contribution in [0.3, 0.4) is 0 Å². The Balaban J connectivity index is 1.77. The zero-order valence-electron chi connectivity index (χ0n) is 13.4. The molecule has 4 nitrogen and oxygen atoms in total. The third-order valence-corrected chi connectivity index (χ3v) is 8.41. The maximum absolute atomic E-state index is 13.4. The van der Waals surface area contributed by atoms with E-state index in [1.807, 2.05) is 30.3 Å². The van der Waals surface area contributed by atoms with Gasteiger partial charge < -0.3 is 0 Å². The number of hydrogen-bond acceptors (Lipinski definition) is 4. The van der Waals surface area contributed by atoms with E-state index in [0.29, 0.717) is 22.8 Å². The van der Waals surface area contributed by atoms with Crippen LogP contribution in [0.15, 0.2) is 47.4 Å². The van der Waals surface area contributed by atoms with Gasteiger partial charge in [0.15, 0.2) is 0 Å². The van der Waals surface area contributed by atoms with Gasteiger partial charge in [0, 0.05) is 0 Å². The molecule has 0 amide bonds. The van der Waals surface area contributed by atoms with Crippen molar-refractivity contribution < 1.29 is 13.2 Å². The van der Waals surface area contributed by atoms with E-state index >= 15 is 0 Å². The van der Waals surface area contributed by atoms with E-state index in [-0.39, 0.29) is 0 Å². The Kier molecular flexibility index (Phi) is 4.24. The second-order valence-electron chi connectivity index (χ2n) is 6.84. The van der Waals surface area contributed by atoms with Gasteiger partial charge in [-0.05, 0) is 0 Å². The number of hydrogen-bond donors (Lipinski definition) is 1. The molecule has 0 aliphatic carbocycles. The quantitative estimate of drug-likeness (QED) is 0.768. The average molecular weight is 407 g/mol. The molecule has 0 radical (unpaired) electrons. The van der Waals surface area contributed by atoms with Gasteiger partial charge in [-0.2, -0.15) is 0 Å². The SMILES string of the molecule is O=S(=O)(c1ccc2ccccc2c1)C1CNCCC12CC([AsH2])CO2. The Morgan fingerprint density at radius 1 is 1.17 bits per heavy atom. The topological polar surface area (TPSA) is 55.4 Å². The van der Waals surface area contributed by atoms with E-state index < -0.39 is 20.7 Å². The molecule has 4 rings (SSSR count). The van der Waals surface area contributed by atoms with Gasteiger partial charge >= 0.3 is 151 Å². The fraction of sp³-hybridized carbons (Fsp3) is 0.444. The van der Waals surface area contributed by atoms with Gasteiger partial charge in [-0.3, -0.25) is 0 Å². The minimum atomic E-state index is -3.45. The molecule has 0 saturated carbocycles. The van der Waals surface area contributed by atoms with Crippen LogP contribution in [0.25, 0.3) is 10.8 Å². The zero-order chi connectivity index (χ0) is 16.8. The monoisotopic (exact) mass is 407 g/mol. The second kappa shape index (κ2) is 6.13. The number of sulfone groups is 1. The van der Waals surface area contributed by atoms with Crippen molar-refractivity contribution in [3.8, 4) is 0 Å². The second-order valence-corrected chi connectivity index (χ2v) is 10.9.